The van der Waals surface area contributed by atoms with Crippen molar-refractivity contribution in [1.29, 1.82) is 0 Å². The molecule has 0 unspecified atom stereocenters. The number of hydrogen-bond donors (Lipinski definition) is 0. The normalized spacial score (nSPS) is 4.17. The fraction of sp³-hybridized carbons (Fsp3) is 0.500. The molecule has 34 valence electrons. The van der Waals surface area contributed by atoms with Gasteiger partial charge in [0, 0.05) is 5.97 Å². The molecule has 0 aromatic rings. The summed E-state index contributed by atoms with van der Waals surface area (Å²) in [4.78, 5) is 8.89. The van der Waals surface area contributed by atoms with Crippen LogP contribution in [0.15, 0.2) is 0 Å². The molecule has 0 atom stereocenters. The van der Waals surface area contributed by atoms with Crippen molar-refractivity contribution in [1.82, 2.24) is 0 Å². The van der Waals surface area contributed by atoms with Crippen LogP contribution >= 0.6 is 24.0 Å². The summed E-state index contributed by atoms with van der Waals surface area (Å²) in [6.07, 6.45) is 0. The van der Waals surface area contributed by atoms with Gasteiger partial charge < -0.3 is 9.90 Å². The minimum absolute atomic E-state index is 0. The molecule has 0 aliphatic rings. The average Bonchev–Trinajstić information content (AvgIpc) is 0.811. The number of carbonyl (C=O) groups is 1. The largest absolute Gasteiger partial charge is 1.00 e. The molecule has 0 aromatic heterocycles. The third-order valence-corrected chi connectivity index (χ3v) is 0. The summed E-state index contributed by atoms with van der Waals surface area (Å²) < 4.78 is 0. The van der Waals surface area contributed by atoms with E-state index in [9.17, 15) is 0 Å². The number of carboxylic acids is 1. The molecule has 2 nitrogen and oxygen atoms in total. The van der Waals surface area contributed by atoms with Gasteiger partial charge in [-0.05, 0) is 6.92 Å². The molecule has 0 amide bonds. The Hall–Kier alpha value is 1.12. The van der Waals surface area contributed by atoms with E-state index < -0.39 is 5.97 Å². The maximum absolute atomic E-state index is 8.89. The first kappa shape index (κ1) is 15.7. The minimum Gasteiger partial charge on any atom is -0.550 e. The van der Waals surface area contributed by atoms with Crippen LogP contribution in [-0.2, 0) is 4.79 Å². The maximum Gasteiger partial charge on any atom is 1.00 e. The predicted molar refractivity (Wildman–Crippen MR) is 31.8 cm³/mol. The van der Waals surface area contributed by atoms with Crippen molar-refractivity contribution >= 4 is 57.2 Å². The third kappa shape index (κ3) is 69.1. The number of hydrogen-bond acceptors (Lipinski definition) is 2. The second-order valence-corrected chi connectivity index (χ2v) is 0.492. The number of halogens is 1. The quantitative estimate of drug-likeness (QED) is 0.393. The molecule has 0 spiro atoms. The fourth-order valence-corrected chi connectivity index (χ4v) is 0. The van der Waals surface area contributed by atoms with Gasteiger partial charge in [-0.1, -0.05) is 0 Å². The standard InChI is InChI=1S/C2H4O2.HI.Tl/c1-2(3)4;;/h1H3,(H,3,4);1H;/q;;+1/p-1. The van der Waals surface area contributed by atoms with Crippen LogP contribution < -0.4 is 5.11 Å². The number of aliphatic carboxylic acids is 1. The van der Waals surface area contributed by atoms with Gasteiger partial charge in [-0.25, -0.2) is 0 Å². The third-order valence-electron chi connectivity index (χ3n) is 0. The van der Waals surface area contributed by atoms with E-state index in [0.29, 0.717) is 0 Å². The summed E-state index contributed by atoms with van der Waals surface area (Å²) in [5.74, 6) is -1.08. The molecular weight excluding hydrogens is 387 g/mol. The van der Waals surface area contributed by atoms with E-state index in [1.807, 2.05) is 0 Å². The zero-order valence-corrected chi connectivity index (χ0v) is 10.1. The molecule has 0 aliphatic carbocycles. The van der Waals surface area contributed by atoms with Crippen LogP contribution in [0.5, 0.6) is 0 Å². The van der Waals surface area contributed by atoms with E-state index >= 15 is 0 Å². The second kappa shape index (κ2) is 9.45. The molecule has 0 rings (SSSR count). The monoisotopic (exact) mass is 392 g/mol. The van der Waals surface area contributed by atoms with Gasteiger partial charge in [0.05, 0.1) is 0 Å². The molecule has 0 radical (unpaired) electrons. The maximum atomic E-state index is 8.89. The summed E-state index contributed by atoms with van der Waals surface area (Å²) in [5, 5.41) is 8.89. The molecule has 0 saturated heterocycles. The summed E-state index contributed by atoms with van der Waals surface area (Å²) >= 11 is 0. The van der Waals surface area contributed by atoms with Crippen molar-refractivity contribution in [3.8, 4) is 0 Å². The van der Waals surface area contributed by atoms with Crippen molar-refractivity contribution in [3.63, 3.8) is 0 Å². The van der Waals surface area contributed by atoms with E-state index in [-0.39, 0.29) is 51.3 Å². The smallest absolute Gasteiger partial charge is 0.550 e. The van der Waals surface area contributed by atoms with Gasteiger partial charge in [0.2, 0.25) is 0 Å². The van der Waals surface area contributed by atoms with E-state index in [1.165, 1.54) is 0 Å². The summed E-state index contributed by atoms with van der Waals surface area (Å²) in [5.41, 5.74) is 0. The minimum atomic E-state index is -1.08. The van der Waals surface area contributed by atoms with Crippen LogP contribution in [0.3, 0.4) is 0 Å². The van der Waals surface area contributed by atoms with Crippen molar-refractivity contribution in [2.24, 2.45) is 0 Å². The summed E-state index contributed by atoms with van der Waals surface area (Å²) in [7, 11) is 0. The van der Waals surface area contributed by atoms with Gasteiger partial charge in [0.25, 0.3) is 0 Å². The number of rotatable bonds is 0. The Balaban J connectivity index is -0.0000000450. The molecule has 0 saturated carbocycles. The van der Waals surface area contributed by atoms with E-state index in [0.717, 1.165) is 6.92 Å². The Bertz CT molecular complexity index is 34.5. The van der Waals surface area contributed by atoms with Crippen LogP contribution in [0.1, 0.15) is 6.92 Å². The number of carbonyl (C=O) groups excluding carboxylic acids is 1. The average molecular weight is 391 g/mol. The van der Waals surface area contributed by atoms with E-state index in [2.05, 4.69) is 0 Å². The zero-order chi connectivity index (χ0) is 3.58. The number of carboxylic acid groups (broad SMARTS) is 1. The molecule has 6 heavy (non-hydrogen) atoms. The van der Waals surface area contributed by atoms with Crippen molar-refractivity contribution in [2.75, 3.05) is 0 Å². The molecule has 0 aliphatic heterocycles. The van der Waals surface area contributed by atoms with Crippen molar-refractivity contribution in [3.05, 3.63) is 0 Å². The van der Waals surface area contributed by atoms with Gasteiger partial charge in [-0.15, -0.1) is 24.0 Å². The van der Waals surface area contributed by atoms with Crippen LogP contribution in [-0.4, -0.2) is 33.3 Å². The summed E-state index contributed by atoms with van der Waals surface area (Å²) in [6, 6.07) is 0. The molecule has 0 bridgehead atoms. The van der Waals surface area contributed by atoms with E-state index in [4.69, 9.17) is 9.90 Å². The van der Waals surface area contributed by atoms with Gasteiger partial charge in [-0.2, -0.15) is 0 Å². The van der Waals surface area contributed by atoms with Gasteiger partial charge in [0.1, 0.15) is 0 Å². The predicted octanol–water partition coefficient (Wildman–Crippen LogP) is -1.01. The fourth-order valence-electron chi connectivity index (χ4n) is 0. The molecule has 0 N–H and O–H groups in total. The van der Waals surface area contributed by atoms with Crippen LogP contribution in [0.4, 0.5) is 0 Å². The molecule has 0 heterocycles. The SMILES string of the molecule is CC(=O)[O-].I.[Tl+]. The molecular formula is C2H4IO2Tl. The Kier molecular flexibility index (Phi) is 24.8. The molecule has 4 heteroatoms. The van der Waals surface area contributed by atoms with Crippen LogP contribution in [0.25, 0.3) is 0 Å². The molecule has 0 fully saturated rings. The Morgan fingerprint density at radius 1 is 1.67 bits per heavy atom. The second-order valence-electron chi connectivity index (χ2n) is 0.492. The van der Waals surface area contributed by atoms with Gasteiger partial charge in [-0.3, -0.25) is 0 Å². The summed E-state index contributed by atoms with van der Waals surface area (Å²) in [6.45, 7) is 0.972. The van der Waals surface area contributed by atoms with Crippen molar-refractivity contribution in [2.45, 2.75) is 6.92 Å². The first-order valence-electron chi connectivity index (χ1n) is 0.908. The zero-order valence-electron chi connectivity index (χ0n) is 3.30. The van der Waals surface area contributed by atoms with E-state index in [1.54, 1.807) is 0 Å². The first-order valence-corrected chi connectivity index (χ1v) is 0.908. The Morgan fingerprint density at radius 2 is 1.67 bits per heavy atom. The Labute approximate surface area is 73.5 Å². The van der Waals surface area contributed by atoms with Crippen LogP contribution in [0.2, 0.25) is 0 Å². The van der Waals surface area contributed by atoms with Gasteiger partial charge >= 0.3 is 27.3 Å². The topological polar surface area (TPSA) is 40.1 Å². The Morgan fingerprint density at radius 3 is 1.67 bits per heavy atom. The van der Waals surface area contributed by atoms with Crippen molar-refractivity contribution < 1.29 is 9.90 Å². The first-order chi connectivity index (χ1) is 1.73. The molecule has 0 aromatic carbocycles. The van der Waals surface area contributed by atoms with Crippen LogP contribution in [0, 0.1) is 0 Å². The van der Waals surface area contributed by atoms with Gasteiger partial charge in [0.15, 0.2) is 0 Å².